The number of halogens is 2. The normalized spacial score (nSPS) is 10.9. The number of pyridine rings is 1. The molecule has 0 aliphatic rings. The smallest absolute Gasteiger partial charge is 0.248 e. The van der Waals surface area contributed by atoms with Gasteiger partial charge in [0.25, 0.3) is 0 Å². The molecule has 0 amide bonds. The molecule has 2 aromatic carbocycles. The summed E-state index contributed by atoms with van der Waals surface area (Å²) >= 11 is 6.21. The van der Waals surface area contributed by atoms with Crippen LogP contribution in [0.25, 0.3) is 33.9 Å². The van der Waals surface area contributed by atoms with Crippen LogP contribution in [0.15, 0.2) is 65.6 Å². The molecule has 8 heteroatoms. The molecule has 2 aromatic heterocycles. The molecule has 3 N–H and O–H groups in total. The molecule has 4 rings (SSSR count). The van der Waals surface area contributed by atoms with E-state index in [0.29, 0.717) is 22.4 Å². The van der Waals surface area contributed by atoms with E-state index in [-0.39, 0.29) is 27.8 Å². The van der Waals surface area contributed by atoms with E-state index < -0.39 is 5.82 Å². The Balaban J connectivity index is 2.01. The Morgan fingerprint density at radius 3 is 2.46 bits per heavy atom. The first-order valence-corrected chi connectivity index (χ1v) is 8.58. The van der Waals surface area contributed by atoms with E-state index in [4.69, 9.17) is 11.6 Å². The Morgan fingerprint density at radius 1 is 1.04 bits per heavy atom. The molecule has 0 saturated heterocycles. The van der Waals surface area contributed by atoms with Gasteiger partial charge in [-0.15, -0.1) is 0 Å². The number of H-pyrrole nitrogens is 1. The highest BCUT2D eigenvalue weighted by molar-refractivity contribution is 6.33. The van der Waals surface area contributed by atoms with Crippen LogP contribution in [0.4, 0.5) is 4.39 Å². The fourth-order valence-electron chi connectivity index (χ4n) is 2.93. The number of aromatic nitrogens is 3. The van der Waals surface area contributed by atoms with E-state index in [9.17, 15) is 19.5 Å². The number of nitrogens with zero attached hydrogens (tertiary/aromatic N) is 2. The van der Waals surface area contributed by atoms with Crippen LogP contribution >= 0.6 is 11.6 Å². The lowest BCUT2D eigenvalue weighted by molar-refractivity contribution is 0.195. The maximum atomic E-state index is 13.4. The second kappa shape index (κ2) is 6.86. The lowest BCUT2D eigenvalue weighted by Gasteiger charge is -2.07. The Bertz CT molecular complexity index is 1230. The van der Waals surface area contributed by atoms with E-state index >= 15 is 0 Å². The first kappa shape index (κ1) is 17.8. The molecule has 0 aliphatic carbocycles. The van der Waals surface area contributed by atoms with Crippen molar-refractivity contribution in [3.63, 3.8) is 0 Å². The van der Waals surface area contributed by atoms with Crippen LogP contribution in [0.3, 0.4) is 0 Å². The van der Waals surface area contributed by atoms with Crippen LogP contribution in [-0.4, -0.2) is 25.0 Å². The van der Waals surface area contributed by atoms with Crippen molar-refractivity contribution in [1.29, 1.82) is 0 Å². The molecule has 0 unspecified atom stereocenters. The van der Waals surface area contributed by atoms with Gasteiger partial charge in [0.05, 0.1) is 5.02 Å². The maximum absolute atomic E-state index is 13.4. The molecule has 140 valence electrons. The van der Waals surface area contributed by atoms with Crippen LogP contribution in [0.2, 0.25) is 5.02 Å². The Hall–Kier alpha value is -3.58. The molecule has 0 saturated carbocycles. The number of aromatic hydroxyl groups is 1. The van der Waals surface area contributed by atoms with Gasteiger partial charge in [0.15, 0.2) is 5.82 Å². The molecule has 0 atom stereocenters. The van der Waals surface area contributed by atoms with Crippen molar-refractivity contribution in [2.24, 2.45) is 0 Å². The summed E-state index contributed by atoms with van der Waals surface area (Å²) in [5.41, 5.74) is 1.57. The molecule has 2 heterocycles. The van der Waals surface area contributed by atoms with Gasteiger partial charge in [-0.3, -0.25) is 4.79 Å². The highest BCUT2D eigenvalue weighted by Crippen LogP contribution is 2.37. The Morgan fingerprint density at radius 2 is 1.79 bits per heavy atom. The molecule has 0 fully saturated rings. The SMILES string of the molecule is O=c1cc(-c2c(-c3ccc(F)cc3)nc(-c3ccc(O)cc3Cl)n2O)cc[nH]1. The van der Waals surface area contributed by atoms with Gasteiger partial charge in [-0.1, -0.05) is 11.6 Å². The van der Waals surface area contributed by atoms with Gasteiger partial charge in [-0.05, 0) is 48.5 Å². The summed E-state index contributed by atoms with van der Waals surface area (Å²) in [6.45, 7) is 0. The molecule has 28 heavy (non-hydrogen) atoms. The minimum Gasteiger partial charge on any atom is -0.508 e. The molecule has 4 aromatic rings. The number of phenols is 1. The van der Waals surface area contributed by atoms with Crippen LogP contribution in [-0.2, 0) is 0 Å². The standard InChI is InChI=1S/C20H13ClFN3O3/c21-16-10-14(26)5-6-15(16)20-24-18(11-1-3-13(22)4-2-11)19(25(20)28)12-7-8-23-17(27)9-12/h1-10,26,28H,(H,23,27). The van der Waals surface area contributed by atoms with Gasteiger partial charge in [0, 0.05) is 29.0 Å². The van der Waals surface area contributed by atoms with Gasteiger partial charge in [0.1, 0.15) is 23.0 Å². The average Bonchev–Trinajstić information content (AvgIpc) is 2.99. The minimum absolute atomic E-state index is 0.0293. The number of nitrogens with one attached hydrogen (secondary N) is 1. The second-order valence-electron chi connectivity index (χ2n) is 6.06. The van der Waals surface area contributed by atoms with Gasteiger partial charge in [-0.2, -0.15) is 4.73 Å². The largest absolute Gasteiger partial charge is 0.508 e. The summed E-state index contributed by atoms with van der Waals surface area (Å²) in [6, 6.07) is 12.8. The van der Waals surface area contributed by atoms with Crippen LogP contribution in [0.5, 0.6) is 5.75 Å². The van der Waals surface area contributed by atoms with Gasteiger partial charge < -0.3 is 15.3 Å². The third kappa shape index (κ3) is 3.12. The number of rotatable bonds is 3. The van der Waals surface area contributed by atoms with Crippen molar-refractivity contribution in [2.75, 3.05) is 0 Å². The first-order valence-electron chi connectivity index (χ1n) is 8.20. The topological polar surface area (TPSA) is 91.1 Å². The van der Waals surface area contributed by atoms with Crippen molar-refractivity contribution >= 4 is 11.6 Å². The maximum Gasteiger partial charge on any atom is 0.248 e. The summed E-state index contributed by atoms with van der Waals surface area (Å²) in [5, 5.41) is 20.6. The highest BCUT2D eigenvalue weighted by atomic mass is 35.5. The number of imidazole rings is 1. The lowest BCUT2D eigenvalue weighted by atomic mass is 10.1. The number of phenolic OH excluding ortho intramolecular Hbond substituents is 1. The third-order valence-corrected chi connectivity index (χ3v) is 4.53. The van der Waals surface area contributed by atoms with E-state index in [1.165, 1.54) is 54.7 Å². The van der Waals surface area contributed by atoms with Gasteiger partial charge >= 0.3 is 0 Å². The fraction of sp³-hybridized carbons (Fsp3) is 0. The van der Waals surface area contributed by atoms with Crippen LogP contribution in [0.1, 0.15) is 0 Å². The number of benzene rings is 2. The predicted molar refractivity (Wildman–Crippen MR) is 103 cm³/mol. The van der Waals surface area contributed by atoms with Gasteiger partial charge in [0.2, 0.25) is 5.56 Å². The Labute approximate surface area is 163 Å². The number of hydrogen-bond acceptors (Lipinski definition) is 4. The highest BCUT2D eigenvalue weighted by Gasteiger charge is 2.22. The molecule has 0 bridgehead atoms. The molecular weight excluding hydrogens is 385 g/mol. The quantitative estimate of drug-likeness (QED) is 0.449. The van der Waals surface area contributed by atoms with Crippen LogP contribution < -0.4 is 5.56 Å². The lowest BCUT2D eigenvalue weighted by Crippen LogP contribution is -2.04. The third-order valence-electron chi connectivity index (χ3n) is 4.21. The summed E-state index contributed by atoms with van der Waals surface area (Å²) in [4.78, 5) is 18.8. The average molecular weight is 398 g/mol. The monoisotopic (exact) mass is 397 g/mol. The van der Waals surface area contributed by atoms with E-state index in [0.717, 1.165) is 4.73 Å². The zero-order valence-corrected chi connectivity index (χ0v) is 15.0. The summed E-state index contributed by atoms with van der Waals surface area (Å²) in [7, 11) is 0. The summed E-state index contributed by atoms with van der Waals surface area (Å²) in [5.74, 6) is -0.329. The van der Waals surface area contributed by atoms with Crippen molar-refractivity contribution in [1.82, 2.24) is 14.7 Å². The number of hydrogen-bond donors (Lipinski definition) is 3. The number of aromatic amines is 1. The zero-order chi connectivity index (χ0) is 19.8. The minimum atomic E-state index is -0.410. The molecule has 0 spiro atoms. The van der Waals surface area contributed by atoms with Crippen molar-refractivity contribution in [3.8, 4) is 39.7 Å². The molecular formula is C20H13ClFN3O3. The fourth-order valence-corrected chi connectivity index (χ4v) is 3.19. The van der Waals surface area contributed by atoms with E-state index in [2.05, 4.69) is 9.97 Å². The van der Waals surface area contributed by atoms with Gasteiger partial charge in [-0.25, -0.2) is 9.37 Å². The van der Waals surface area contributed by atoms with Crippen LogP contribution in [0, 0.1) is 5.82 Å². The first-order chi connectivity index (χ1) is 13.4. The van der Waals surface area contributed by atoms with E-state index in [1.54, 1.807) is 6.07 Å². The van der Waals surface area contributed by atoms with E-state index in [1.807, 2.05) is 0 Å². The summed E-state index contributed by atoms with van der Waals surface area (Å²) in [6.07, 6.45) is 1.45. The predicted octanol–water partition coefficient (Wildman–Crippen LogP) is 4.31. The van der Waals surface area contributed by atoms with Crippen molar-refractivity contribution in [3.05, 3.63) is 82.0 Å². The summed E-state index contributed by atoms with van der Waals surface area (Å²) < 4.78 is 14.2. The van der Waals surface area contributed by atoms with Crippen molar-refractivity contribution < 1.29 is 14.7 Å². The molecule has 6 nitrogen and oxygen atoms in total. The molecule has 0 aliphatic heterocycles. The Kier molecular flexibility index (Phi) is 4.37. The molecule has 0 radical (unpaired) electrons. The van der Waals surface area contributed by atoms with Crippen molar-refractivity contribution in [2.45, 2.75) is 0 Å². The second-order valence-corrected chi connectivity index (χ2v) is 6.46. The zero-order valence-electron chi connectivity index (χ0n) is 14.2.